The van der Waals surface area contributed by atoms with E-state index in [1.165, 1.54) is 16.0 Å². The van der Waals surface area contributed by atoms with Crippen LogP contribution in [0.5, 0.6) is 11.5 Å². The summed E-state index contributed by atoms with van der Waals surface area (Å²) in [7, 11) is 5.46. The van der Waals surface area contributed by atoms with Crippen LogP contribution in [0.15, 0.2) is 48.5 Å². The lowest BCUT2D eigenvalue weighted by Crippen LogP contribution is -2.19. The van der Waals surface area contributed by atoms with E-state index in [0.29, 0.717) is 13.1 Å². The summed E-state index contributed by atoms with van der Waals surface area (Å²) in [6.07, 6.45) is 0. The van der Waals surface area contributed by atoms with E-state index in [1.54, 1.807) is 25.6 Å². The van der Waals surface area contributed by atoms with Gasteiger partial charge in [0, 0.05) is 18.0 Å². The van der Waals surface area contributed by atoms with Gasteiger partial charge < -0.3 is 14.8 Å². The minimum atomic E-state index is 0.650. The van der Waals surface area contributed by atoms with Gasteiger partial charge in [-0.1, -0.05) is 24.3 Å². The van der Waals surface area contributed by atoms with Gasteiger partial charge >= 0.3 is 0 Å². The minimum Gasteiger partial charge on any atom is -0.497 e. The van der Waals surface area contributed by atoms with Crippen LogP contribution in [0.3, 0.4) is 0 Å². The summed E-state index contributed by atoms with van der Waals surface area (Å²) < 4.78 is 10.7. The third-order valence-corrected chi connectivity index (χ3v) is 6.77. The molecule has 7 heteroatoms. The number of nitrogens with one attached hydrogen (secondary N) is 1. The molecular formula is C26H30N4O2S. The van der Waals surface area contributed by atoms with Crippen molar-refractivity contribution in [1.29, 1.82) is 0 Å². The highest BCUT2D eigenvalue weighted by Gasteiger charge is 2.16. The Hall–Kier alpha value is -3.16. The van der Waals surface area contributed by atoms with E-state index in [0.717, 1.165) is 45.5 Å². The van der Waals surface area contributed by atoms with Crippen molar-refractivity contribution in [1.82, 2.24) is 14.9 Å². The van der Waals surface area contributed by atoms with Crippen LogP contribution >= 0.6 is 11.3 Å². The van der Waals surface area contributed by atoms with Crippen LogP contribution in [0.4, 0.5) is 5.82 Å². The number of hydrogen-bond acceptors (Lipinski definition) is 7. The molecule has 0 aliphatic carbocycles. The standard InChI is InChI=1S/C26H30N4O2S/c1-17-18(2)33-26-24(17)25(27-14-19-8-6-10-21(12-19)31-4)28-23(29-26)16-30(3)15-20-9-7-11-22(13-20)32-5/h6-13H,14-16H2,1-5H3,(H,27,28,29). The molecule has 2 aromatic heterocycles. The van der Waals surface area contributed by atoms with Gasteiger partial charge in [0.1, 0.15) is 28.0 Å². The third kappa shape index (κ3) is 5.43. The maximum Gasteiger partial charge on any atom is 0.146 e. The number of aryl methyl sites for hydroxylation is 2. The molecule has 0 unspecified atom stereocenters. The third-order valence-electron chi connectivity index (χ3n) is 5.67. The zero-order valence-corrected chi connectivity index (χ0v) is 20.6. The molecule has 1 N–H and O–H groups in total. The largest absolute Gasteiger partial charge is 0.497 e. The van der Waals surface area contributed by atoms with Crippen LogP contribution in [0.1, 0.15) is 27.4 Å². The first-order valence-corrected chi connectivity index (χ1v) is 11.7. The summed E-state index contributed by atoms with van der Waals surface area (Å²) in [4.78, 5) is 14.3. The number of fused-ring (bicyclic) bond motifs is 1. The van der Waals surface area contributed by atoms with E-state index in [-0.39, 0.29) is 0 Å². The van der Waals surface area contributed by atoms with Crippen molar-refractivity contribution in [2.24, 2.45) is 0 Å². The monoisotopic (exact) mass is 462 g/mol. The molecule has 0 saturated heterocycles. The lowest BCUT2D eigenvalue weighted by atomic mass is 10.2. The summed E-state index contributed by atoms with van der Waals surface area (Å²) in [5.41, 5.74) is 3.57. The zero-order chi connectivity index (χ0) is 23.4. The minimum absolute atomic E-state index is 0.650. The van der Waals surface area contributed by atoms with Crippen molar-refractivity contribution in [2.45, 2.75) is 33.5 Å². The molecule has 0 saturated carbocycles. The predicted molar refractivity (Wildman–Crippen MR) is 135 cm³/mol. The molecule has 172 valence electrons. The SMILES string of the molecule is COc1cccc(CNc2nc(CN(C)Cc3cccc(OC)c3)nc3sc(C)c(C)c23)c1. The number of aromatic nitrogens is 2. The van der Waals surface area contributed by atoms with E-state index in [2.05, 4.69) is 49.3 Å². The lowest BCUT2D eigenvalue weighted by Gasteiger charge is -2.17. The van der Waals surface area contributed by atoms with Gasteiger partial charge in [-0.25, -0.2) is 9.97 Å². The van der Waals surface area contributed by atoms with Crippen molar-refractivity contribution in [3.8, 4) is 11.5 Å². The number of anilines is 1. The molecule has 4 rings (SSSR count). The first kappa shape index (κ1) is 23.0. The van der Waals surface area contributed by atoms with Gasteiger partial charge in [0.05, 0.1) is 26.2 Å². The molecular weight excluding hydrogens is 432 g/mol. The highest BCUT2D eigenvalue weighted by atomic mass is 32.1. The Morgan fingerprint density at radius 1 is 0.909 bits per heavy atom. The maximum atomic E-state index is 5.36. The summed E-state index contributed by atoms with van der Waals surface area (Å²) in [6, 6.07) is 16.2. The lowest BCUT2D eigenvalue weighted by molar-refractivity contribution is 0.310. The van der Waals surface area contributed by atoms with Crippen LogP contribution in [0, 0.1) is 13.8 Å². The normalized spacial score (nSPS) is 11.2. The van der Waals surface area contributed by atoms with E-state index >= 15 is 0 Å². The van der Waals surface area contributed by atoms with Gasteiger partial charge in [-0.05, 0) is 61.9 Å². The fraction of sp³-hybridized carbons (Fsp3) is 0.308. The first-order chi connectivity index (χ1) is 16.0. The highest BCUT2D eigenvalue weighted by molar-refractivity contribution is 7.18. The van der Waals surface area contributed by atoms with E-state index < -0.39 is 0 Å². The summed E-state index contributed by atoms with van der Waals surface area (Å²) in [5.74, 6) is 3.41. The molecule has 6 nitrogen and oxygen atoms in total. The van der Waals surface area contributed by atoms with E-state index in [1.807, 2.05) is 30.3 Å². The maximum absolute atomic E-state index is 5.36. The number of methoxy groups -OCH3 is 2. The van der Waals surface area contributed by atoms with Gasteiger partial charge in [-0.3, -0.25) is 4.90 Å². The van der Waals surface area contributed by atoms with Crippen molar-refractivity contribution in [3.63, 3.8) is 0 Å². The number of rotatable bonds is 9. The van der Waals surface area contributed by atoms with Crippen molar-refractivity contribution < 1.29 is 9.47 Å². The molecule has 0 fully saturated rings. The van der Waals surface area contributed by atoms with Crippen molar-refractivity contribution in [3.05, 3.63) is 75.9 Å². The number of nitrogens with zero attached hydrogens (tertiary/aromatic N) is 3. The Bertz CT molecular complexity index is 1250. The summed E-state index contributed by atoms with van der Waals surface area (Å²) in [6.45, 7) is 6.38. The van der Waals surface area contributed by atoms with E-state index in [4.69, 9.17) is 19.4 Å². The fourth-order valence-electron chi connectivity index (χ4n) is 3.84. The van der Waals surface area contributed by atoms with Crippen LogP contribution in [-0.2, 0) is 19.6 Å². The molecule has 0 amide bonds. The van der Waals surface area contributed by atoms with Gasteiger partial charge in [0.2, 0.25) is 0 Å². The molecule has 0 atom stereocenters. The Labute approximate surface area is 199 Å². The molecule has 0 bridgehead atoms. The van der Waals surface area contributed by atoms with Crippen LogP contribution in [-0.4, -0.2) is 36.1 Å². The Morgan fingerprint density at radius 2 is 1.58 bits per heavy atom. The molecule has 0 radical (unpaired) electrons. The van der Waals surface area contributed by atoms with E-state index in [9.17, 15) is 0 Å². The van der Waals surface area contributed by atoms with Gasteiger partial charge in [0.15, 0.2) is 0 Å². The summed E-state index contributed by atoms with van der Waals surface area (Å²) >= 11 is 1.72. The Balaban J connectivity index is 1.57. The summed E-state index contributed by atoms with van der Waals surface area (Å²) in [5, 5.41) is 4.66. The average Bonchev–Trinajstić information content (AvgIpc) is 3.10. The molecule has 4 aromatic rings. The Kier molecular flexibility index (Phi) is 7.11. The second-order valence-corrected chi connectivity index (χ2v) is 9.38. The van der Waals surface area contributed by atoms with Gasteiger partial charge in [0.25, 0.3) is 0 Å². The predicted octanol–water partition coefficient (Wildman–Crippen LogP) is 5.57. The number of hydrogen-bond donors (Lipinski definition) is 1. The first-order valence-electron chi connectivity index (χ1n) is 10.9. The molecule has 0 spiro atoms. The van der Waals surface area contributed by atoms with Gasteiger partial charge in [-0.15, -0.1) is 11.3 Å². The second-order valence-electron chi connectivity index (χ2n) is 8.18. The zero-order valence-electron chi connectivity index (χ0n) is 19.8. The number of ether oxygens (including phenoxy) is 2. The second kappa shape index (κ2) is 10.2. The quantitative estimate of drug-likeness (QED) is 0.351. The van der Waals surface area contributed by atoms with Crippen molar-refractivity contribution in [2.75, 3.05) is 26.6 Å². The van der Waals surface area contributed by atoms with Crippen LogP contribution in [0.2, 0.25) is 0 Å². The molecule has 2 heterocycles. The number of thiophene rings is 1. The van der Waals surface area contributed by atoms with Crippen LogP contribution < -0.4 is 14.8 Å². The molecule has 0 aliphatic heterocycles. The number of benzene rings is 2. The molecule has 33 heavy (non-hydrogen) atoms. The Morgan fingerprint density at radius 3 is 2.27 bits per heavy atom. The molecule has 0 aliphatic rings. The molecule has 2 aromatic carbocycles. The van der Waals surface area contributed by atoms with Crippen LogP contribution in [0.25, 0.3) is 10.2 Å². The van der Waals surface area contributed by atoms with Crippen molar-refractivity contribution >= 4 is 27.4 Å². The average molecular weight is 463 g/mol. The fourth-order valence-corrected chi connectivity index (χ4v) is 4.89. The topological polar surface area (TPSA) is 59.5 Å². The van der Waals surface area contributed by atoms with Gasteiger partial charge in [-0.2, -0.15) is 0 Å². The highest BCUT2D eigenvalue weighted by Crippen LogP contribution is 2.33. The smallest absolute Gasteiger partial charge is 0.146 e.